The number of carboxylic acid groups (broad SMARTS) is 1. The lowest BCUT2D eigenvalue weighted by molar-refractivity contribution is -0.140. The van der Waals surface area contributed by atoms with Crippen LogP contribution in [0.3, 0.4) is 0 Å². The van der Waals surface area contributed by atoms with Gasteiger partial charge in [0, 0.05) is 0 Å². The Hall–Kier alpha value is -2.02. The van der Waals surface area contributed by atoms with Crippen LogP contribution in [0.4, 0.5) is 14.5 Å². The van der Waals surface area contributed by atoms with Crippen LogP contribution in [0.15, 0.2) is 18.2 Å². The summed E-state index contributed by atoms with van der Waals surface area (Å²) in [5.41, 5.74) is -0.543. The zero-order valence-corrected chi connectivity index (χ0v) is 11.8. The molecule has 116 valence electrons. The van der Waals surface area contributed by atoms with Gasteiger partial charge in [0.2, 0.25) is 5.91 Å². The number of aliphatic carboxylic acids is 1. The second kappa shape index (κ2) is 7.68. The van der Waals surface area contributed by atoms with Crippen molar-refractivity contribution in [1.82, 2.24) is 5.32 Å². The zero-order chi connectivity index (χ0) is 16.0. The summed E-state index contributed by atoms with van der Waals surface area (Å²) in [5, 5.41) is 13.7. The SMILES string of the molecule is CCCC(NC(C)C(=O)Nc1c(F)cccc1F)C(=O)O. The van der Waals surface area contributed by atoms with Crippen molar-refractivity contribution in [2.24, 2.45) is 0 Å². The molecule has 0 heterocycles. The van der Waals surface area contributed by atoms with Gasteiger partial charge in [-0.2, -0.15) is 0 Å². The van der Waals surface area contributed by atoms with E-state index in [1.807, 2.05) is 6.92 Å². The van der Waals surface area contributed by atoms with Gasteiger partial charge in [-0.1, -0.05) is 19.4 Å². The van der Waals surface area contributed by atoms with E-state index < -0.39 is 41.3 Å². The molecular formula is C14H18F2N2O3. The summed E-state index contributed by atoms with van der Waals surface area (Å²) >= 11 is 0. The number of benzene rings is 1. The molecule has 0 bridgehead atoms. The van der Waals surface area contributed by atoms with Crippen LogP contribution in [0.1, 0.15) is 26.7 Å². The van der Waals surface area contributed by atoms with Gasteiger partial charge < -0.3 is 10.4 Å². The smallest absolute Gasteiger partial charge is 0.320 e. The van der Waals surface area contributed by atoms with Crippen LogP contribution >= 0.6 is 0 Å². The molecule has 0 aromatic heterocycles. The van der Waals surface area contributed by atoms with Crippen molar-refractivity contribution in [3.8, 4) is 0 Å². The third kappa shape index (κ3) is 4.78. The Morgan fingerprint density at radius 3 is 2.33 bits per heavy atom. The number of carbonyl (C=O) groups is 2. The predicted molar refractivity (Wildman–Crippen MR) is 73.9 cm³/mol. The molecule has 1 aromatic carbocycles. The Balaban J connectivity index is 2.72. The summed E-state index contributed by atoms with van der Waals surface area (Å²) in [7, 11) is 0. The molecule has 0 saturated carbocycles. The second-order valence-electron chi connectivity index (χ2n) is 4.65. The predicted octanol–water partition coefficient (Wildman–Crippen LogP) is 2.13. The first-order chi connectivity index (χ1) is 9.86. The fourth-order valence-electron chi connectivity index (χ4n) is 1.79. The fourth-order valence-corrected chi connectivity index (χ4v) is 1.79. The highest BCUT2D eigenvalue weighted by atomic mass is 19.1. The summed E-state index contributed by atoms with van der Waals surface area (Å²) in [6.45, 7) is 3.25. The normalized spacial score (nSPS) is 13.5. The molecule has 0 aliphatic carbocycles. The van der Waals surface area contributed by atoms with Gasteiger partial charge in [0.05, 0.1) is 6.04 Å². The second-order valence-corrected chi connectivity index (χ2v) is 4.65. The van der Waals surface area contributed by atoms with E-state index in [2.05, 4.69) is 10.6 Å². The number of nitrogens with one attached hydrogen (secondary N) is 2. The van der Waals surface area contributed by atoms with Gasteiger partial charge in [-0.15, -0.1) is 0 Å². The molecule has 0 saturated heterocycles. The molecule has 0 aliphatic rings. The number of hydrogen-bond acceptors (Lipinski definition) is 3. The summed E-state index contributed by atoms with van der Waals surface area (Å²) in [6, 6.07) is 1.43. The van der Waals surface area contributed by atoms with Crippen LogP contribution in [0, 0.1) is 11.6 Å². The first kappa shape index (κ1) is 17.0. The monoisotopic (exact) mass is 300 g/mol. The standard InChI is InChI=1S/C14H18F2N2O3/c1-3-5-11(14(20)21)17-8(2)13(19)18-12-9(15)6-4-7-10(12)16/h4,6-8,11,17H,3,5H2,1-2H3,(H,18,19)(H,20,21). The van der Waals surface area contributed by atoms with Gasteiger partial charge in [0.1, 0.15) is 23.4 Å². The average Bonchev–Trinajstić information content (AvgIpc) is 2.42. The molecule has 0 radical (unpaired) electrons. The lowest BCUT2D eigenvalue weighted by Gasteiger charge is -2.19. The van der Waals surface area contributed by atoms with E-state index in [-0.39, 0.29) is 0 Å². The Labute approximate surface area is 121 Å². The number of amides is 1. The van der Waals surface area contributed by atoms with Crippen molar-refractivity contribution >= 4 is 17.6 Å². The lowest BCUT2D eigenvalue weighted by atomic mass is 10.1. The van der Waals surface area contributed by atoms with E-state index in [0.29, 0.717) is 12.8 Å². The highest BCUT2D eigenvalue weighted by molar-refractivity contribution is 5.95. The van der Waals surface area contributed by atoms with Gasteiger partial charge in [-0.3, -0.25) is 14.9 Å². The molecule has 1 amide bonds. The number of anilines is 1. The van der Waals surface area contributed by atoms with Crippen LogP contribution in [0.5, 0.6) is 0 Å². The molecule has 2 atom stereocenters. The van der Waals surface area contributed by atoms with Gasteiger partial charge in [-0.05, 0) is 25.5 Å². The minimum absolute atomic E-state index is 0.348. The van der Waals surface area contributed by atoms with Crippen LogP contribution in [0.25, 0.3) is 0 Å². The first-order valence-electron chi connectivity index (χ1n) is 6.60. The van der Waals surface area contributed by atoms with Crippen LogP contribution in [-0.2, 0) is 9.59 Å². The van der Waals surface area contributed by atoms with Crippen molar-refractivity contribution in [3.05, 3.63) is 29.8 Å². The molecule has 0 aliphatic heterocycles. The van der Waals surface area contributed by atoms with E-state index in [9.17, 15) is 18.4 Å². The first-order valence-corrected chi connectivity index (χ1v) is 6.60. The molecule has 2 unspecified atom stereocenters. The molecule has 7 heteroatoms. The highest BCUT2D eigenvalue weighted by Crippen LogP contribution is 2.18. The van der Waals surface area contributed by atoms with Gasteiger partial charge >= 0.3 is 5.97 Å². The Morgan fingerprint density at radius 2 is 1.86 bits per heavy atom. The average molecular weight is 300 g/mol. The molecule has 0 spiro atoms. The lowest BCUT2D eigenvalue weighted by Crippen LogP contribution is -2.47. The highest BCUT2D eigenvalue weighted by Gasteiger charge is 2.23. The largest absolute Gasteiger partial charge is 0.480 e. The molecule has 3 N–H and O–H groups in total. The molecule has 0 fully saturated rings. The van der Waals surface area contributed by atoms with E-state index in [1.54, 1.807) is 0 Å². The maximum Gasteiger partial charge on any atom is 0.320 e. The van der Waals surface area contributed by atoms with Gasteiger partial charge in [-0.25, -0.2) is 8.78 Å². The number of carboxylic acids is 1. The third-order valence-corrected chi connectivity index (χ3v) is 2.93. The Bertz CT molecular complexity index is 503. The van der Waals surface area contributed by atoms with Crippen molar-refractivity contribution in [2.75, 3.05) is 5.32 Å². The van der Waals surface area contributed by atoms with Crippen molar-refractivity contribution in [2.45, 2.75) is 38.8 Å². The number of para-hydroxylation sites is 1. The Kier molecular flexibility index (Phi) is 6.23. The molecule has 1 rings (SSSR count). The van der Waals surface area contributed by atoms with Crippen LogP contribution < -0.4 is 10.6 Å². The number of hydrogen-bond donors (Lipinski definition) is 3. The van der Waals surface area contributed by atoms with E-state index in [4.69, 9.17) is 5.11 Å². The van der Waals surface area contributed by atoms with E-state index in [1.165, 1.54) is 13.0 Å². The van der Waals surface area contributed by atoms with Crippen molar-refractivity contribution < 1.29 is 23.5 Å². The van der Waals surface area contributed by atoms with Gasteiger partial charge in [0.15, 0.2) is 0 Å². The maximum absolute atomic E-state index is 13.4. The topological polar surface area (TPSA) is 78.4 Å². The quantitative estimate of drug-likeness (QED) is 0.721. The fraction of sp³-hybridized carbons (Fsp3) is 0.429. The minimum atomic E-state index is -1.08. The van der Waals surface area contributed by atoms with Gasteiger partial charge in [0.25, 0.3) is 0 Å². The number of rotatable bonds is 7. The van der Waals surface area contributed by atoms with E-state index >= 15 is 0 Å². The Morgan fingerprint density at radius 1 is 1.29 bits per heavy atom. The molecule has 1 aromatic rings. The molecule has 21 heavy (non-hydrogen) atoms. The van der Waals surface area contributed by atoms with Crippen molar-refractivity contribution in [3.63, 3.8) is 0 Å². The maximum atomic E-state index is 13.4. The minimum Gasteiger partial charge on any atom is -0.480 e. The summed E-state index contributed by atoms with van der Waals surface area (Å²) in [4.78, 5) is 22.9. The van der Waals surface area contributed by atoms with E-state index in [0.717, 1.165) is 12.1 Å². The third-order valence-electron chi connectivity index (χ3n) is 2.93. The van der Waals surface area contributed by atoms with Crippen molar-refractivity contribution in [1.29, 1.82) is 0 Å². The molecular weight excluding hydrogens is 282 g/mol. The zero-order valence-electron chi connectivity index (χ0n) is 11.8. The summed E-state index contributed by atoms with van der Waals surface area (Å²) < 4.78 is 26.8. The number of carbonyl (C=O) groups excluding carboxylic acids is 1. The summed E-state index contributed by atoms with van der Waals surface area (Å²) in [6.07, 6.45) is 0.973. The van der Waals surface area contributed by atoms with Crippen LogP contribution in [0.2, 0.25) is 0 Å². The summed E-state index contributed by atoms with van der Waals surface area (Å²) in [5.74, 6) is -3.56. The number of halogens is 2. The van der Waals surface area contributed by atoms with Crippen LogP contribution in [-0.4, -0.2) is 29.1 Å². The molecule has 5 nitrogen and oxygen atoms in total.